The van der Waals surface area contributed by atoms with Crippen molar-refractivity contribution in [2.75, 3.05) is 13.2 Å². The highest BCUT2D eigenvalue weighted by molar-refractivity contribution is 5.83. The Hall–Kier alpha value is -2.53. The molecule has 4 heteroatoms. The first kappa shape index (κ1) is 44.5. The minimum Gasteiger partial charge on any atom is -0.394 e. The molecular formula is C43H70O4. The maximum absolute atomic E-state index is 12.4. The third kappa shape index (κ3) is 33.2. The number of rotatable bonds is 33. The smallest absolute Gasteiger partial charge is 0.164 e. The lowest BCUT2D eigenvalue weighted by Gasteiger charge is -2.20. The lowest BCUT2D eigenvalue weighted by Crippen LogP contribution is -2.38. The molecule has 0 bridgehead atoms. The normalized spacial score (nSPS) is 14.3. The quantitative estimate of drug-likeness (QED) is 0.0548. The molecule has 2 unspecified atom stereocenters. The molecule has 47 heavy (non-hydrogen) atoms. The van der Waals surface area contributed by atoms with Crippen molar-refractivity contribution >= 4 is 5.78 Å². The molecule has 266 valence electrons. The van der Waals surface area contributed by atoms with Crippen LogP contribution >= 0.6 is 0 Å². The lowest BCUT2D eigenvalue weighted by atomic mass is 10.0. The summed E-state index contributed by atoms with van der Waals surface area (Å²) in [6, 6.07) is 0. The Balaban J connectivity index is 3.83. The highest BCUT2D eigenvalue weighted by atomic mass is 16.5. The SMILES string of the molecule is CCCCC/C=C\C/C=C\C/C=C\C/C=C\CCCCOC(CO)C(O)C(=O)CCC/C=C\C/C=C\C/C=C\C/C=C\CCCCC. The topological polar surface area (TPSA) is 66.8 Å². The molecule has 0 aliphatic rings. The molecule has 0 spiro atoms. The second-order valence-corrected chi connectivity index (χ2v) is 12.1. The molecule has 0 aromatic carbocycles. The van der Waals surface area contributed by atoms with Gasteiger partial charge in [-0.05, 0) is 96.3 Å². The van der Waals surface area contributed by atoms with Crippen LogP contribution in [0.4, 0.5) is 0 Å². The van der Waals surface area contributed by atoms with Gasteiger partial charge in [0.1, 0.15) is 12.2 Å². The van der Waals surface area contributed by atoms with Gasteiger partial charge in [-0.15, -0.1) is 0 Å². The van der Waals surface area contributed by atoms with Gasteiger partial charge in [0.2, 0.25) is 0 Å². The van der Waals surface area contributed by atoms with Gasteiger partial charge in [-0.25, -0.2) is 0 Å². The molecular weight excluding hydrogens is 580 g/mol. The largest absolute Gasteiger partial charge is 0.394 e. The minimum atomic E-state index is -1.27. The molecule has 0 saturated carbocycles. The zero-order valence-electron chi connectivity index (χ0n) is 30.2. The zero-order chi connectivity index (χ0) is 34.3. The van der Waals surface area contributed by atoms with E-state index in [-0.39, 0.29) is 18.8 Å². The van der Waals surface area contributed by atoms with Crippen LogP contribution in [0, 0.1) is 0 Å². The molecule has 0 aromatic heterocycles. The Morgan fingerprint density at radius 1 is 0.511 bits per heavy atom. The summed E-state index contributed by atoms with van der Waals surface area (Å²) in [5.74, 6) is -0.263. The fourth-order valence-corrected chi connectivity index (χ4v) is 4.71. The zero-order valence-corrected chi connectivity index (χ0v) is 30.2. The molecule has 2 N–H and O–H groups in total. The number of Topliss-reactive ketones (excluding diaryl/α,β-unsaturated/α-hetero) is 1. The van der Waals surface area contributed by atoms with Gasteiger partial charge in [-0.2, -0.15) is 0 Å². The maximum Gasteiger partial charge on any atom is 0.164 e. The number of ether oxygens (including phenoxy) is 1. The van der Waals surface area contributed by atoms with Crippen molar-refractivity contribution in [3.05, 3.63) is 97.2 Å². The highest BCUT2D eigenvalue weighted by Gasteiger charge is 2.25. The Kier molecular flexibility index (Phi) is 35.9. The number of hydrogen-bond acceptors (Lipinski definition) is 4. The number of aliphatic hydroxyl groups is 2. The molecule has 0 rings (SSSR count). The van der Waals surface area contributed by atoms with E-state index in [1.54, 1.807) is 0 Å². The number of hydrogen-bond donors (Lipinski definition) is 2. The van der Waals surface area contributed by atoms with Crippen molar-refractivity contribution in [1.29, 1.82) is 0 Å². The highest BCUT2D eigenvalue weighted by Crippen LogP contribution is 2.09. The van der Waals surface area contributed by atoms with E-state index in [4.69, 9.17) is 4.74 Å². The number of unbranched alkanes of at least 4 members (excludes halogenated alkanes) is 9. The summed E-state index contributed by atoms with van der Waals surface area (Å²) in [4.78, 5) is 12.4. The maximum atomic E-state index is 12.4. The summed E-state index contributed by atoms with van der Waals surface area (Å²) in [7, 11) is 0. The summed E-state index contributed by atoms with van der Waals surface area (Å²) < 4.78 is 5.64. The van der Waals surface area contributed by atoms with Crippen LogP contribution in [0.15, 0.2) is 97.2 Å². The Morgan fingerprint density at radius 2 is 0.851 bits per heavy atom. The second-order valence-electron chi connectivity index (χ2n) is 12.1. The standard InChI is InChI=1S/C43H70O4/c1-3-5-7-9-11-13-15-17-19-21-23-25-27-29-31-33-35-37-39-47-42(40-44)43(46)41(45)38-36-34-32-30-28-26-24-22-20-18-16-14-12-10-8-6-4-2/h11-14,17-20,23-26,29-32,42-44,46H,3-10,15-16,21-22,27-28,33-40H2,1-2H3/b13-11-,14-12-,19-17-,20-18-,25-23-,26-24-,31-29-,32-30-. The van der Waals surface area contributed by atoms with Crippen LogP contribution in [0.2, 0.25) is 0 Å². The van der Waals surface area contributed by atoms with E-state index in [1.165, 1.54) is 51.4 Å². The fourth-order valence-electron chi connectivity index (χ4n) is 4.71. The number of carbonyl (C=O) groups is 1. The van der Waals surface area contributed by atoms with Crippen LogP contribution in [0.1, 0.15) is 142 Å². The predicted molar refractivity (Wildman–Crippen MR) is 205 cm³/mol. The van der Waals surface area contributed by atoms with Crippen molar-refractivity contribution in [2.45, 2.75) is 154 Å². The van der Waals surface area contributed by atoms with E-state index in [0.29, 0.717) is 13.0 Å². The molecule has 0 aliphatic heterocycles. The van der Waals surface area contributed by atoms with E-state index in [2.05, 4.69) is 111 Å². The Bertz CT molecular complexity index is 918. The first-order valence-electron chi connectivity index (χ1n) is 18.8. The van der Waals surface area contributed by atoms with E-state index >= 15 is 0 Å². The van der Waals surface area contributed by atoms with Crippen molar-refractivity contribution in [3.8, 4) is 0 Å². The van der Waals surface area contributed by atoms with Gasteiger partial charge < -0.3 is 14.9 Å². The average Bonchev–Trinajstić information content (AvgIpc) is 3.08. The van der Waals surface area contributed by atoms with Crippen LogP contribution in [0.5, 0.6) is 0 Å². The first-order valence-corrected chi connectivity index (χ1v) is 18.8. The molecule has 4 nitrogen and oxygen atoms in total. The Morgan fingerprint density at radius 3 is 1.21 bits per heavy atom. The van der Waals surface area contributed by atoms with Crippen LogP contribution in [-0.2, 0) is 9.53 Å². The summed E-state index contributed by atoms with van der Waals surface area (Å²) in [6.07, 6.45) is 53.5. The van der Waals surface area contributed by atoms with Crippen LogP contribution in [0.3, 0.4) is 0 Å². The van der Waals surface area contributed by atoms with Crippen LogP contribution < -0.4 is 0 Å². The summed E-state index contributed by atoms with van der Waals surface area (Å²) in [5.41, 5.74) is 0. The summed E-state index contributed by atoms with van der Waals surface area (Å²) >= 11 is 0. The van der Waals surface area contributed by atoms with Crippen molar-refractivity contribution in [2.24, 2.45) is 0 Å². The van der Waals surface area contributed by atoms with Crippen molar-refractivity contribution in [1.82, 2.24) is 0 Å². The molecule has 0 radical (unpaired) electrons. The van der Waals surface area contributed by atoms with E-state index < -0.39 is 12.2 Å². The van der Waals surface area contributed by atoms with E-state index in [0.717, 1.165) is 64.2 Å². The molecule has 2 atom stereocenters. The van der Waals surface area contributed by atoms with E-state index in [9.17, 15) is 15.0 Å². The lowest BCUT2D eigenvalue weighted by molar-refractivity contribution is -0.138. The second kappa shape index (κ2) is 37.9. The molecule has 0 fully saturated rings. The number of allylic oxidation sites excluding steroid dienone is 16. The fraction of sp³-hybridized carbons (Fsp3) is 0.605. The molecule has 0 saturated heterocycles. The van der Waals surface area contributed by atoms with Gasteiger partial charge in [0.15, 0.2) is 5.78 Å². The summed E-state index contributed by atoms with van der Waals surface area (Å²) in [6.45, 7) is 4.53. The number of aliphatic hydroxyl groups excluding tert-OH is 2. The van der Waals surface area contributed by atoms with Crippen LogP contribution in [-0.4, -0.2) is 41.4 Å². The molecule has 0 amide bonds. The monoisotopic (exact) mass is 651 g/mol. The van der Waals surface area contributed by atoms with Crippen molar-refractivity contribution < 1.29 is 19.7 Å². The third-order valence-corrected chi connectivity index (χ3v) is 7.67. The Labute approximate surface area is 289 Å². The van der Waals surface area contributed by atoms with Gasteiger partial charge in [-0.1, -0.05) is 137 Å². The van der Waals surface area contributed by atoms with Gasteiger partial charge in [0.25, 0.3) is 0 Å². The molecule has 0 aliphatic carbocycles. The minimum absolute atomic E-state index is 0.263. The average molecular weight is 651 g/mol. The predicted octanol–water partition coefficient (Wildman–Crippen LogP) is 11.6. The van der Waals surface area contributed by atoms with Gasteiger partial charge in [-0.3, -0.25) is 4.79 Å². The summed E-state index contributed by atoms with van der Waals surface area (Å²) in [5, 5.41) is 20.0. The third-order valence-electron chi connectivity index (χ3n) is 7.67. The van der Waals surface area contributed by atoms with E-state index in [1.807, 2.05) is 0 Å². The van der Waals surface area contributed by atoms with Gasteiger partial charge >= 0.3 is 0 Å². The van der Waals surface area contributed by atoms with Crippen molar-refractivity contribution in [3.63, 3.8) is 0 Å². The number of ketones is 1. The molecule has 0 aromatic rings. The van der Waals surface area contributed by atoms with Gasteiger partial charge in [0.05, 0.1) is 6.61 Å². The van der Waals surface area contributed by atoms with Crippen LogP contribution in [0.25, 0.3) is 0 Å². The number of carbonyl (C=O) groups excluding carboxylic acids is 1. The molecule has 0 heterocycles. The van der Waals surface area contributed by atoms with Gasteiger partial charge in [0, 0.05) is 13.0 Å². The first-order chi connectivity index (χ1) is 23.2.